The van der Waals surface area contributed by atoms with Crippen molar-refractivity contribution < 1.29 is 24.2 Å². The molecule has 1 aliphatic rings. The van der Waals surface area contributed by atoms with Crippen molar-refractivity contribution in [3.05, 3.63) is 29.3 Å². The molecule has 2 rings (SSSR count). The normalized spacial score (nSPS) is 18.3. The van der Waals surface area contributed by atoms with E-state index in [0.717, 1.165) is 13.1 Å². The number of aryl methyl sites for hydroxylation is 1. The van der Waals surface area contributed by atoms with E-state index in [0.29, 0.717) is 31.0 Å². The Morgan fingerprint density at radius 2 is 1.96 bits per heavy atom. The van der Waals surface area contributed by atoms with Crippen LogP contribution >= 0.6 is 0 Å². The first-order chi connectivity index (χ1) is 12.6. The zero-order valence-electron chi connectivity index (χ0n) is 16.8. The summed E-state index contributed by atoms with van der Waals surface area (Å²) in [7, 11) is 0. The summed E-state index contributed by atoms with van der Waals surface area (Å²) < 4.78 is 11.2. The van der Waals surface area contributed by atoms with Gasteiger partial charge in [-0.1, -0.05) is 6.07 Å². The third-order valence-corrected chi connectivity index (χ3v) is 4.46. The molecule has 0 radical (unpaired) electrons. The van der Waals surface area contributed by atoms with Crippen molar-refractivity contribution in [1.82, 2.24) is 9.80 Å². The summed E-state index contributed by atoms with van der Waals surface area (Å²) in [5, 5.41) is 9.18. The first-order valence-electron chi connectivity index (χ1n) is 9.25. The molecular weight excluding hydrogens is 348 g/mol. The standard InChI is InChI=1S/C20H30N2O5/c1-14-6-7-16(12-17(14)18(23)24)26-11-10-21-8-9-22(15(2)13-21)19(25)27-20(3,4)5/h6-7,12,15H,8-11,13H2,1-5H3,(H,23,24)/t15-/m1/s1. The first-order valence-corrected chi connectivity index (χ1v) is 9.25. The van der Waals surface area contributed by atoms with Crippen LogP contribution in [-0.2, 0) is 4.74 Å². The highest BCUT2D eigenvalue weighted by Crippen LogP contribution is 2.18. The zero-order valence-corrected chi connectivity index (χ0v) is 16.8. The van der Waals surface area contributed by atoms with Gasteiger partial charge in [0, 0.05) is 32.2 Å². The molecule has 7 nitrogen and oxygen atoms in total. The van der Waals surface area contributed by atoms with Crippen molar-refractivity contribution in [2.45, 2.75) is 46.3 Å². The molecule has 150 valence electrons. The lowest BCUT2D eigenvalue weighted by atomic mass is 10.1. The van der Waals surface area contributed by atoms with Gasteiger partial charge in [-0.3, -0.25) is 4.90 Å². The van der Waals surface area contributed by atoms with E-state index < -0.39 is 11.6 Å². The number of benzene rings is 1. The number of carboxylic acids is 1. The predicted octanol–water partition coefficient (Wildman–Crippen LogP) is 3.01. The van der Waals surface area contributed by atoms with Gasteiger partial charge in [0.2, 0.25) is 0 Å². The Labute approximate surface area is 160 Å². The molecule has 1 N–H and O–H groups in total. The molecule has 1 fully saturated rings. The molecule has 1 amide bonds. The molecule has 0 aromatic heterocycles. The minimum atomic E-state index is -0.954. The van der Waals surface area contributed by atoms with Crippen molar-refractivity contribution in [2.24, 2.45) is 0 Å². The number of hydrogen-bond donors (Lipinski definition) is 1. The maximum absolute atomic E-state index is 12.3. The average Bonchev–Trinajstić information content (AvgIpc) is 2.54. The van der Waals surface area contributed by atoms with Gasteiger partial charge in [0.05, 0.1) is 5.56 Å². The van der Waals surface area contributed by atoms with Crippen LogP contribution in [0.2, 0.25) is 0 Å². The van der Waals surface area contributed by atoms with E-state index in [1.54, 1.807) is 30.0 Å². The second kappa shape index (κ2) is 8.61. The highest BCUT2D eigenvalue weighted by atomic mass is 16.6. The summed E-state index contributed by atoms with van der Waals surface area (Å²) in [5.74, 6) is -0.400. The molecule has 0 unspecified atom stereocenters. The van der Waals surface area contributed by atoms with Crippen molar-refractivity contribution in [1.29, 1.82) is 0 Å². The molecule has 7 heteroatoms. The molecule has 0 saturated carbocycles. The van der Waals surface area contributed by atoms with E-state index in [4.69, 9.17) is 9.47 Å². The number of ether oxygens (including phenoxy) is 2. The molecule has 27 heavy (non-hydrogen) atoms. The molecule has 0 bridgehead atoms. The van der Waals surface area contributed by atoms with Gasteiger partial charge >= 0.3 is 12.1 Å². The summed E-state index contributed by atoms with van der Waals surface area (Å²) in [6.07, 6.45) is -0.272. The SMILES string of the molecule is Cc1ccc(OCCN2CCN(C(=O)OC(C)(C)C)[C@H](C)C2)cc1C(=O)O. The Balaban J connectivity index is 1.81. The van der Waals surface area contributed by atoms with Gasteiger partial charge in [0.1, 0.15) is 18.0 Å². The van der Waals surface area contributed by atoms with Gasteiger partial charge in [0.25, 0.3) is 0 Å². The predicted molar refractivity (Wildman–Crippen MR) is 102 cm³/mol. The second-order valence-corrected chi connectivity index (χ2v) is 7.95. The lowest BCUT2D eigenvalue weighted by Crippen LogP contribution is -2.55. The summed E-state index contributed by atoms with van der Waals surface area (Å²) in [4.78, 5) is 27.5. The first kappa shape index (κ1) is 21.0. The summed E-state index contributed by atoms with van der Waals surface area (Å²) >= 11 is 0. The van der Waals surface area contributed by atoms with E-state index in [1.807, 2.05) is 27.7 Å². The number of amides is 1. The lowest BCUT2D eigenvalue weighted by molar-refractivity contribution is 0.000335. The Hall–Kier alpha value is -2.28. The fraction of sp³-hybridized carbons (Fsp3) is 0.600. The van der Waals surface area contributed by atoms with Crippen LogP contribution in [0.1, 0.15) is 43.6 Å². The van der Waals surface area contributed by atoms with E-state index in [-0.39, 0.29) is 17.7 Å². The van der Waals surface area contributed by atoms with Gasteiger partial charge in [0.15, 0.2) is 0 Å². The topological polar surface area (TPSA) is 79.3 Å². The molecule has 0 spiro atoms. The molecule has 1 aromatic carbocycles. The quantitative estimate of drug-likeness (QED) is 0.848. The van der Waals surface area contributed by atoms with E-state index >= 15 is 0 Å². The number of piperazine rings is 1. The number of carboxylic acid groups (broad SMARTS) is 1. The second-order valence-electron chi connectivity index (χ2n) is 7.95. The largest absolute Gasteiger partial charge is 0.492 e. The van der Waals surface area contributed by atoms with Crippen LogP contribution in [0.15, 0.2) is 18.2 Å². The van der Waals surface area contributed by atoms with E-state index in [1.165, 1.54) is 0 Å². The Morgan fingerprint density at radius 1 is 1.26 bits per heavy atom. The Kier molecular flexibility index (Phi) is 6.70. The van der Waals surface area contributed by atoms with Crippen LogP contribution in [0.25, 0.3) is 0 Å². The third-order valence-electron chi connectivity index (χ3n) is 4.46. The number of carbonyl (C=O) groups excluding carboxylic acids is 1. The summed E-state index contributed by atoms with van der Waals surface area (Å²) in [5.41, 5.74) is 0.471. The molecular formula is C20H30N2O5. The van der Waals surface area contributed by atoms with Gasteiger partial charge in [-0.2, -0.15) is 0 Å². The van der Waals surface area contributed by atoms with Gasteiger partial charge in [-0.15, -0.1) is 0 Å². The van der Waals surface area contributed by atoms with Crippen molar-refractivity contribution in [2.75, 3.05) is 32.8 Å². The van der Waals surface area contributed by atoms with Crippen LogP contribution in [0, 0.1) is 6.92 Å². The molecule has 1 aliphatic heterocycles. The maximum atomic E-state index is 12.3. The molecule has 1 heterocycles. The van der Waals surface area contributed by atoms with Crippen LogP contribution < -0.4 is 4.74 Å². The van der Waals surface area contributed by atoms with Crippen molar-refractivity contribution in [3.63, 3.8) is 0 Å². The fourth-order valence-corrected chi connectivity index (χ4v) is 3.04. The lowest BCUT2D eigenvalue weighted by Gasteiger charge is -2.40. The fourth-order valence-electron chi connectivity index (χ4n) is 3.04. The molecule has 1 atom stereocenters. The number of rotatable bonds is 5. The zero-order chi connectivity index (χ0) is 20.2. The van der Waals surface area contributed by atoms with E-state index in [9.17, 15) is 14.7 Å². The maximum Gasteiger partial charge on any atom is 0.410 e. The molecule has 1 aromatic rings. The van der Waals surface area contributed by atoms with Crippen LogP contribution in [0.3, 0.4) is 0 Å². The smallest absolute Gasteiger partial charge is 0.410 e. The number of aromatic carboxylic acids is 1. The summed E-state index contributed by atoms with van der Waals surface area (Å²) in [6, 6.07) is 5.15. The average molecular weight is 378 g/mol. The van der Waals surface area contributed by atoms with Crippen LogP contribution in [0.5, 0.6) is 5.75 Å². The van der Waals surface area contributed by atoms with Crippen LogP contribution in [-0.4, -0.2) is 71.4 Å². The minimum Gasteiger partial charge on any atom is -0.492 e. The monoisotopic (exact) mass is 378 g/mol. The molecule has 0 aliphatic carbocycles. The van der Waals surface area contributed by atoms with Gasteiger partial charge in [-0.25, -0.2) is 9.59 Å². The Bertz CT molecular complexity index is 683. The number of carbonyl (C=O) groups is 2. The number of nitrogens with zero attached hydrogens (tertiary/aromatic N) is 2. The van der Waals surface area contributed by atoms with E-state index in [2.05, 4.69) is 4.90 Å². The number of hydrogen-bond acceptors (Lipinski definition) is 5. The molecule has 1 saturated heterocycles. The third kappa shape index (κ3) is 6.13. The Morgan fingerprint density at radius 3 is 2.56 bits per heavy atom. The van der Waals surface area contributed by atoms with Gasteiger partial charge < -0.3 is 19.5 Å². The minimum absolute atomic E-state index is 0.0617. The highest BCUT2D eigenvalue weighted by Gasteiger charge is 2.30. The van der Waals surface area contributed by atoms with Crippen molar-refractivity contribution >= 4 is 12.1 Å². The highest BCUT2D eigenvalue weighted by molar-refractivity contribution is 5.89. The van der Waals surface area contributed by atoms with Gasteiger partial charge in [-0.05, 0) is 52.3 Å². The van der Waals surface area contributed by atoms with Crippen molar-refractivity contribution in [3.8, 4) is 5.75 Å². The van der Waals surface area contributed by atoms with Crippen LogP contribution in [0.4, 0.5) is 4.79 Å². The summed E-state index contributed by atoms with van der Waals surface area (Å²) in [6.45, 7) is 12.7.